The summed E-state index contributed by atoms with van der Waals surface area (Å²) in [5.41, 5.74) is 0.941. The van der Waals surface area contributed by atoms with Gasteiger partial charge in [-0.1, -0.05) is 15.9 Å². The number of carbonyl (C=O) groups excluding carboxylic acids is 2. The van der Waals surface area contributed by atoms with Crippen molar-refractivity contribution in [2.45, 2.75) is 25.3 Å². The van der Waals surface area contributed by atoms with Crippen molar-refractivity contribution in [3.05, 3.63) is 17.7 Å². The van der Waals surface area contributed by atoms with Gasteiger partial charge in [-0.25, -0.2) is 0 Å². The summed E-state index contributed by atoms with van der Waals surface area (Å²) >= 11 is 3.35. The van der Waals surface area contributed by atoms with Crippen molar-refractivity contribution in [3.8, 4) is 11.5 Å². The topological polar surface area (TPSA) is 67.9 Å². The molecule has 1 saturated heterocycles. The number of benzene rings is 1. The van der Waals surface area contributed by atoms with E-state index >= 15 is 0 Å². The zero-order chi connectivity index (χ0) is 16.4. The van der Waals surface area contributed by atoms with E-state index in [4.69, 9.17) is 9.47 Å². The highest BCUT2D eigenvalue weighted by Gasteiger charge is 2.38. The highest BCUT2D eigenvalue weighted by molar-refractivity contribution is 9.09. The average molecular weight is 383 g/mol. The monoisotopic (exact) mass is 382 g/mol. The average Bonchev–Trinajstić information content (AvgIpc) is 3.01. The highest BCUT2D eigenvalue weighted by atomic mass is 79.9. The molecule has 124 valence electrons. The molecule has 0 saturated carbocycles. The Morgan fingerprint density at radius 1 is 1.35 bits per heavy atom. The second-order valence-corrected chi connectivity index (χ2v) is 6.38. The molecular weight excluding hydrogens is 364 g/mol. The van der Waals surface area contributed by atoms with Gasteiger partial charge in [-0.15, -0.1) is 0 Å². The summed E-state index contributed by atoms with van der Waals surface area (Å²) in [6, 6.07) is 2.96. The van der Waals surface area contributed by atoms with E-state index in [1.54, 1.807) is 17.0 Å². The van der Waals surface area contributed by atoms with Crippen LogP contribution in [-0.2, 0) is 4.79 Å². The second kappa shape index (κ2) is 6.78. The lowest BCUT2D eigenvalue weighted by molar-refractivity contribution is -0.119. The van der Waals surface area contributed by atoms with E-state index in [1.165, 1.54) is 7.11 Å². The molecule has 6 nitrogen and oxygen atoms in total. The Morgan fingerprint density at radius 2 is 2.17 bits per heavy atom. The van der Waals surface area contributed by atoms with Crippen molar-refractivity contribution < 1.29 is 19.1 Å². The maximum atomic E-state index is 12.7. The summed E-state index contributed by atoms with van der Waals surface area (Å²) in [5.74, 6) is 0.762. The molecule has 2 amide bonds. The number of hydrogen-bond acceptors (Lipinski definition) is 4. The summed E-state index contributed by atoms with van der Waals surface area (Å²) in [6.45, 7) is 1.14. The Balaban J connectivity index is 1.97. The molecule has 1 aromatic rings. The fraction of sp³-hybridized carbons (Fsp3) is 0.500. The fourth-order valence-corrected chi connectivity index (χ4v) is 3.23. The van der Waals surface area contributed by atoms with Crippen LogP contribution >= 0.6 is 15.9 Å². The molecule has 2 aliphatic heterocycles. The molecule has 0 aliphatic carbocycles. The van der Waals surface area contributed by atoms with E-state index in [1.807, 2.05) is 0 Å². The number of carbonyl (C=O) groups is 2. The minimum absolute atomic E-state index is 0.133. The van der Waals surface area contributed by atoms with Crippen LogP contribution in [0.4, 0.5) is 5.69 Å². The Labute approximate surface area is 143 Å². The van der Waals surface area contributed by atoms with Crippen LogP contribution in [0.15, 0.2) is 12.1 Å². The van der Waals surface area contributed by atoms with Gasteiger partial charge in [0.15, 0.2) is 11.5 Å². The Kier molecular flexibility index (Phi) is 4.75. The quantitative estimate of drug-likeness (QED) is 0.627. The van der Waals surface area contributed by atoms with Gasteiger partial charge in [0.1, 0.15) is 6.04 Å². The van der Waals surface area contributed by atoms with Gasteiger partial charge in [0.25, 0.3) is 5.91 Å². The lowest BCUT2D eigenvalue weighted by Crippen LogP contribution is -2.40. The number of amides is 2. The first-order chi connectivity index (χ1) is 11.2. The van der Waals surface area contributed by atoms with Crippen LogP contribution in [0.1, 0.15) is 29.6 Å². The van der Waals surface area contributed by atoms with Crippen LogP contribution in [0.5, 0.6) is 11.5 Å². The van der Waals surface area contributed by atoms with E-state index in [0.717, 1.165) is 18.2 Å². The van der Waals surface area contributed by atoms with E-state index in [0.29, 0.717) is 42.3 Å². The number of hydrogen-bond donors (Lipinski definition) is 1. The summed E-state index contributed by atoms with van der Waals surface area (Å²) in [5, 5.41) is 3.70. The molecule has 2 aliphatic rings. The molecule has 3 rings (SSSR count). The molecule has 23 heavy (non-hydrogen) atoms. The van der Waals surface area contributed by atoms with Gasteiger partial charge < -0.3 is 19.7 Å². The minimum atomic E-state index is -0.376. The smallest absolute Gasteiger partial charge is 0.256 e. The number of ether oxygens (including phenoxy) is 2. The van der Waals surface area contributed by atoms with E-state index < -0.39 is 0 Å². The molecule has 2 heterocycles. The number of anilines is 1. The lowest BCUT2D eigenvalue weighted by Gasteiger charge is -2.20. The number of rotatable bonds is 5. The molecule has 7 heteroatoms. The van der Waals surface area contributed by atoms with Gasteiger partial charge in [0, 0.05) is 17.9 Å². The maximum Gasteiger partial charge on any atom is 0.256 e. The summed E-state index contributed by atoms with van der Waals surface area (Å²) < 4.78 is 11.1. The van der Waals surface area contributed by atoms with Gasteiger partial charge in [0.05, 0.1) is 25.0 Å². The van der Waals surface area contributed by atoms with Gasteiger partial charge in [0.2, 0.25) is 5.91 Å². The molecule has 1 atom stereocenters. The molecule has 1 N–H and O–H groups in total. The molecule has 0 aromatic heterocycles. The van der Waals surface area contributed by atoms with Crippen molar-refractivity contribution in [1.29, 1.82) is 0 Å². The summed E-state index contributed by atoms with van der Waals surface area (Å²) in [6.07, 6.45) is 2.41. The zero-order valence-electron chi connectivity index (χ0n) is 12.9. The first kappa shape index (κ1) is 16.1. The number of methoxy groups -OCH3 is 1. The maximum absolute atomic E-state index is 12.7. The Hall–Kier alpha value is -1.76. The van der Waals surface area contributed by atoms with Crippen molar-refractivity contribution in [3.63, 3.8) is 0 Å². The second-order valence-electron chi connectivity index (χ2n) is 5.59. The van der Waals surface area contributed by atoms with Crippen LogP contribution in [0.2, 0.25) is 0 Å². The van der Waals surface area contributed by atoms with Crippen LogP contribution in [0, 0.1) is 0 Å². The predicted molar refractivity (Wildman–Crippen MR) is 89.6 cm³/mol. The van der Waals surface area contributed by atoms with Crippen molar-refractivity contribution in [1.82, 2.24) is 4.90 Å². The van der Waals surface area contributed by atoms with Gasteiger partial charge in [-0.3, -0.25) is 9.59 Å². The number of nitrogens with one attached hydrogen (secondary N) is 1. The highest BCUT2D eigenvalue weighted by Crippen LogP contribution is 2.37. The Morgan fingerprint density at radius 3 is 2.91 bits per heavy atom. The van der Waals surface area contributed by atoms with Crippen molar-refractivity contribution in [2.24, 2.45) is 0 Å². The number of nitrogens with zero attached hydrogens (tertiary/aromatic N) is 1. The normalized spacial score (nSPS) is 19.7. The number of alkyl halides is 1. The summed E-state index contributed by atoms with van der Waals surface area (Å²) in [4.78, 5) is 26.7. The minimum Gasteiger partial charge on any atom is -0.493 e. The van der Waals surface area contributed by atoms with E-state index in [2.05, 4.69) is 21.2 Å². The molecule has 1 fully saturated rings. The number of fused-ring (bicyclic) bond motifs is 2. The summed E-state index contributed by atoms with van der Waals surface area (Å²) in [7, 11) is 1.54. The van der Waals surface area contributed by atoms with E-state index in [9.17, 15) is 9.59 Å². The third-order valence-electron chi connectivity index (χ3n) is 4.14. The van der Waals surface area contributed by atoms with Crippen LogP contribution in [0.25, 0.3) is 0 Å². The largest absolute Gasteiger partial charge is 0.493 e. The molecule has 0 bridgehead atoms. The third kappa shape index (κ3) is 3.02. The number of halogens is 1. The van der Waals surface area contributed by atoms with Gasteiger partial charge in [-0.05, 0) is 25.3 Å². The standard InChI is InChI=1S/C16H19BrN2O4/c1-22-13-8-10-11(9-14(13)23-7-3-5-17)18-15(20)12-4-2-6-19(12)16(10)21/h8-9,12H,2-7H2,1H3,(H,18,20). The predicted octanol–water partition coefficient (Wildman–Crippen LogP) is 2.42. The zero-order valence-corrected chi connectivity index (χ0v) is 14.5. The molecule has 0 radical (unpaired) electrons. The van der Waals surface area contributed by atoms with Crippen LogP contribution in [-0.4, -0.2) is 48.3 Å². The SMILES string of the molecule is COc1cc2c(cc1OCCCBr)NC(=O)C1CCCN1C2=O. The molecule has 1 unspecified atom stereocenters. The first-order valence-corrected chi connectivity index (χ1v) is 8.80. The van der Waals surface area contributed by atoms with Gasteiger partial charge >= 0.3 is 0 Å². The van der Waals surface area contributed by atoms with E-state index in [-0.39, 0.29) is 17.9 Å². The van der Waals surface area contributed by atoms with Crippen molar-refractivity contribution in [2.75, 3.05) is 30.9 Å². The van der Waals surface area contributed by atoms with Gasteiger partial charge in [-0.2, -0.15) is 0 Å². The molecule has 0 spiro atoms. The molecule has 1 aromatic carbocycles. The van der Waals surface area contributed by atoms with Crippen LogP contribution < -0.4 is 14.8 Å². The lowest BCUT2D eigenvalue weighted by atomic mass is 10.1. The first-order valence-electron chi connectivity index (χ1n) is 7.68. The van der Waals surface area contributed by atoms with Crippen LogP contribution in [0.3, 0.4) is 0 Å². The fourth-order valence-electron chi connectivity index (χ4n) is 3.00. The Bertz CT molecular complexity index is 635. The third-order valence-corrected chi connectivity index (χ3v) is 4.70. The molecular formula is C16H19BrN2O4. The van der Waals surface area contributed by atoms with Crippen molar-refractivity contribution >= 4 is 33.4 Å².